The van der Waals surface area contributed by atoms with Gasteiger partial charge in [0.25, 0.3) is 0 Å². The first-order chi connectivity index (χ1) is 6.25. The van der Waals surface area contributed by atoms with Gasteiger partial charge in [-0.1, -0.05) is 0 Å². The number of rotatable bonds is 2. The van der Waals surface area contributed by atoms with E-state index in [0.717, 1.165) is 0 Å². The van der Waals surface area contributed by atoms with Crippen molar-refractivity contribution in [1.29, 1.82) is 0 Å². The van der Waals surface area contributed by atoms with Gasteiger partial charge in [0.2, 0.25) is 5.91 Å². The Labute approximate surface area is 76.2 Å². The van der Waals surface area contributed by atoms with Gasteiger partial charge in [-0.2, -0.15) is 0 Å². The molecular weight excluding hydrogens is 168 g/mol. The van der Waals surface area contributed by atoms with Gasteiger partial charge < -0.3 is 15.2 Å². The van der Waals surface area contributed by atoms with Gasteiger partial charge in [-0.15, -0.1) is 0 Å². The third-order valence-electron chi connectivity index (χ3n) is 2.14. The van der Waals surface area contributed by atoms with E-state index in [1.165, 1.54) is 0 Å². The molecule has 1 amide bonds. The fraction of sp³-hybridized carbons (Fsp3) is 0.500. The number of nitrogens with two attached hydrogens (primary N) is 1. The first-order valence-electron chi connectivity index (χ1n) is 4.25. The van der Waals surface area contributed by atoms with Crippen molar-refractivity contribution >= 4 is 5.91 Å². The van der Waals surface area contributed by atoms with E-state index in [1.54, 1.807) is 28.2 Å². The summed E-state index contributed by atoms with van der Waals surface area (Å²) < 4.78 is 1.76. The minimum atomic E-state index is 0.111. The van der Waals surface area contributed by atoms with Crippen LogP contribution in [0.1, 0.15) is 0 Å². The highest BCUT2D eigenvalue weighted by atomic mass is 16.2. The molecule has 1 aliphatic heterocycles. The van der Waals surface area contributed by atoms with Gasteiger partial charge in [0.05, 0.1) is 6.33 Å². The molecule has 0 radical (unpaired) electrons. The van der Waals surface area contributed by atoms with Crippen molar-refractivity contribution in [3.8, 4) is 0 Å². The van der Waals surface area contributed by atoms with Gasteiger partial charge in [-0.25, -0.2) is 4.98 Å². The molecule has 2 heterocycles. The largest absolute Gasteiger partial charge is 0.338 e. The Morgan fingerprint density at radius 1 is 1.62 bits per heavy atom. The second kappa shape index (κ2) is 3.18. The second-order valence-corrected chi connectivity index (χ2v) is 3.29. The van der Waals surface area contributed by atoms with E-state index in [9.17, 15) is 4.79 Å². The summed E-state index contributed by atoms with van der Waals surface area (Å²) in [6, 6.07) is 0.173. The molecule has 0 spiro atoms. The van der Waals surface area contributed by atoms with Crippen LogP contribution in [0.15, 0.2) is 18.7 Å². The molecule has 1 aromatic heterocycles. The number of amides is 1. The van der Waals surface area contributed by atoms with E-state index in [2.05, 4.69) is 4.98 Å². The van der Waals surface area contributed by atoms with Crippen LogP contribution in [0.5, 0.6) is 0 Å². The quantitative estimate of drug-likeness (QED) is 0.638. The van der Waals surface area contributed by atoms with Crippen molar-refractivity contribution in [2.24, 2.45) is 5.73 Å². The number of nitrogens with zero attached hydrogens (tertiary/aromatic N) is 3. The molecule has 2 N–H and O–H groups in total. The number of hydrogen-bond donors (Lipinski definition) is 1. The Morgan fingerprint density at radius 2 is 2.38 bits per heavy atom. The molecule has 13 heavy (non-hydrogen) atoms. The summed E-state index contributed by atoms with van der Waals surface area (Å²) in [5.41, 5.74) is 5.57. The molecule has 0 atom stereocenters. The van der Waals surface area contributed by atoms with Crippen LogP contribution >= 0.6 is 0 Å². The SMILES string of the molecule is NC1CN(C(=O)Cn2ccnc2)C1. The predicted molar refractivity (Wildman–Crippen MR) is 46.8 cm³/mol. The smallest absolute Gasteiger partial charge is 0.242 e. The second-order valence-electron chi connectivity index (χ2n) is 3.29. The molecule has 5 heteroatoms. The third-order valence-corrected chi connectivity index (χ3v) is 2.14. The molecule has 0 bridgehead atoms. The van der Waals surface area contributed by atoms with Crippen molar-refractivity contribution < 1.29 is 4.79 Å². The molecule has 0 unspecified atom stereocenters. The summed E-state index contributed by atoms with van der Waals surface area (Å²) >= 11 is 0. The average Bonchev–Trinajstić information content (AvgIpc) is 2.51. The molecule has 1 fully saturated rings. The van der Waals surface area contributed by atoms with Crippen LogP contribution < -0.4 is 5.73 Å². The first-order valence-corrected chi connectivity index (χ1v) is 4.25. The maximum absolute atomic E-state index is 11.5. The van der Waals surface area contributed by atoms with Gasteiger partial charge in [-0.05, 0) is 0 Å². The van der Waals surface area contributed by atoms with Crippen LogP contribution in [0.3, 0.4) is 0 Å². The standard InChI is InChI=1S/C8H12N4O/c9-7-3-12(4-7)8(13)5-11-2-1-10-6-11/h1-2,6-7H,3-5,9H2. The molecule has 1 saturated heterocycles. The Balaban J connectivity index is 1.86. The molecule has 0 saturated carbocycles. The van der Waals surface area contributed by atoms with E-state index in [0.29, 0.717) is 19.6 Å². The molecule has 5 nitrogen and oxygen atoms in total. The zero-order valence-corrected chi connectivity index (χ0v) is 7.26. The summed E-state index contributed by atoms with van der Waals surface area (Å²) in [4.78, 5) is 17.1. The van der Waals surface area contributed by atoms with E-state index >= 15 is 0 Å². The maximum Gasteiger partial charge on any atom is 0.242 e. The molecular formula is C8H12N4O. The van der Waals surface area contributed by atoms with Crippen molar-refractivity contribution in [2.75, 3.05) is 13.1 Å². The van der Waals surface area contributed by atoms with Crippen LogP contribution in [-0.2, 0) is 11.3 Å². The number of hydrogen-bond acceptors (Lipinski definition) is 3. The Hall–Kier alpha value is -1.36. The zero-order chi connectivity index (χ0) is 9.26. The van der Waals surface area contributed by atoms with Crippen molar-refractivity contribution in [3.63, 3.8) is 0 Å². The van der Waals surface area contributed by atoms with E-state index in [4.69, 9.17) is 5.73 Å². The summed E-state index contributed by atoms with van der Waals surface area (Å²) in [6.45, 7) is 1.74. The van der Waals surface area contributed by atoms with Crippen LogP contribution in [0, 0.1) is 0 Å². The number of likely N-dealkylation sites (tertiary alicyclic amines) is 1. The average molecular weight is 180 g/mol. The van der Waals surface area contributed by atoms with Crippen molar-refractivity contribution in [2.45, 2.75) is 12.6 Å². The van der Waals surface area contributed by atoms with E-state index in [1.807, 2.05) is 0 Å². The van der Waals surface area contributed by atoms with Gasteiger partial charge >= 0.3 is 0 Å². The Bertz CT molecular complexity index is 289. The molecule has 1 aliphatic rings. The lowest BCUT2D eigenvalue weighted by molar-refractivity contribution is -0.136. The minimum absolute atomic E-state index is 0.111. The lowest BCUT2D eigenvalue weighted by atomic mass is 10.1. The fourth-order valence-electron chi connectivity index (χ4n) is 1.35. The third kappa shape index (κ3) is 1.70. The van der Waals surface area contributed by atoms with Crippen LogP contribution in [0.4, 0.5) is 0 Å². The molecule has 0 aromatic carbocycles. The Kier molecular flexibility index (Phi) is 2.02. The van der Waals surface area contributed by atoms with Crippen molar-refractivity contribution in [1.82, 2.24) is 14.5 Å². The van der Waals surface area contributed by atoms with Gasteiger partial charge in [0, 0.05) is 31.5 Å². The molecule has 1 aromatic rings. The van der Waals surface area contributed by atoms with Crippen LogP contribution in [-0.4, -0.2) is 39.5 Å². The zero-order valence-electron chi connectivity index (χ0n) is 7.26. The fourth-order valence-corrected chi connectivity index (χ4v) is 1.35. The minimum Gasteiger partial charge on any atom is -0.338 e. The van der Waals surface area contributed by atoms with Crippen LogP contribution in [0.2, 0.25) is 0 Å². The molecule has 2 rings (SSSR count). The normalized spacial score (nSPS) is 17.2. The highest BCUT2D eigenvalue weighted by molar-refractivity contribution is 5.77. The maximum atomic E-state index is 11.5. The lowest BCUT2D eigenvalue weighted by Crippen LogP contribution is -2.58. The van der Waals surface area contributed by atoms with Gasteiger partial charge in [0.1, 0.15) is 6.54 Å². The number of carbonyl (C=O) groups excluding carboxylic acids is 1. The topological polar surface area (TPSA) is 64.2 Å². The highest BCUT2D eigenvalue weighted by Gasteiger charge is 2.27. The monoisotopic (exact) mass is 180 g/mol. The molecule has 70 valence electrons. The molecule has 0 aliphatic carbocycles. The van der Waals surface area contributed by atoms with Gasteiger partial charge in [0.15, 0.2) is 0 Å². The summed E-state index contributed by atoms with van der Waals surface area (Å²) in [6.07, 6.45) is 5.07. The van der Waals surface area contributed by atoms with E-state index < -0.39 is 0 Å². The lowest BCUT2D eigenvalue weighted by Gasteiger charge is -2.36. The van der Waals surface area contributed by atoms with Crippen LogP contribution in [0.25, 0.3) is 0 Å². The van der Waals surface area contributed by atoms with Crippen molar-refractivity contribution in [3.05, 3.63) is 18.7 Å². The first kappa shape index (κ1) is 8.25. The summed E-state index contributed by atoms with van der Waals surface area (Å²) in [5.74, 6) is 0.111. The predicted octanol–water partition coefficient (Wildman–Crippen LogP) is -0.947. The number of carbonyl (C=O) groups is 1. The number of imidazole rings is 1. The Morgan fingerprint density at radius 3 is 2.92 bits per heavy atom. The van der Waals surface area contributed by atoms with E-state index in [-0.39, 0.29) is 11.9 Å². The highest BCUT2D eigenvalue weighted by Crippen LogP contribution is 2.06. The number of aromatic nitrogens is 2. The summed E-state index contributed by atoms with van der Waals surface area (Å²) in [5, 5.41) is 0. The van der Waals surface area contributed by atoms with Gasteiger partial charge in [-0.3, -0.25) is 4.79 Å². The summed E-state index contributed by atoms with van der Waals surface area (Å²) in [7, 11) is 0.